The molecule has 0 saturated carbocycles. The van der Waals surface area contributed by atoms with Crippen molar-refractivity contribution in [2.75, 3.05) is 4.81 Å². The molecule has 0 fully saturated rings. The second-order valence-corrected chi connectivity index (χ2v) is 22.3. The second-order valence-electron chi connectivity index (χ2n) is 18.5. The topological polar surface area (TPSA) is 38.9 Å². The Balaban J connectivity index is 1.11. The van der Waals surface area contributed by atoms with E-state index in [1.807, 2.05) is 0 Å². The molecule has 10 aromatic carbocycles. The highest BCUT2D eigenvalue weighted by molar-refractivity contribution is 7.20. The lowest BCUT2D eigenvalue weighted by atomic mass is 9.46. The summed E-state index contributed by atoms with van der Waals surface area (Å²) in [5.41, 5.74) is 10.1. The molecule has 7 heteroatoms. The molecule has 0 N–H and O–H groups in total. The molecule has 5 nitrogen and oxygen atoms in total. The highest BCUT2D eigenvalue weighted by Crippen LogP contribution is 2.41. The van der Waals surface area contributed by atoms with Gasteiger partial charge in [0.1, 0.15) is 11.6 Å². The summed E-state index contributed by atoms with van der Waals surface area (Å²) in [7, 11) is -2.93. The molecule has 332 valence electrons. The van der Waals surface area contributed by atoms with Gasteiger partial charge in [0.05, 0.1) is 22.1 Å². The molecule has 0 spiro atoms. The van der Waals surface area contributed by atoms with Crippen molar-refractivity contribution < 1.29 is 0 Å². The van der Waals surface area contributed by atoms with Gasteiger partial charge >= 0.3 is 6.85 Å². The Kier molecular flexibility index (Phi) is 9.57. The van der Waals surface area contributed by atoms with Crippen LogP contribution >= 0.6 is 0 Å². The molecule has 0 unspecified atom stereocenters. The molecule has 0 bridgehead atoms. The van der Waals surface area contributed by atoms with Crippen LogP contribution in [0.25, 0.3) is 66.5 Å². The van der Waals surface area contributed by atoms with Crippen LogP contribution in [0.4, 0.5) is 11.5 Å². The van der Waals surface area contributed by atoms with Crippen LogP contribution in [0, 0.1) is 0 Å². The van der Waals surface area contributed by atoms with Crippen LogP contribution in [-0.2, 0) is 0 Å². The van der Waals surface area contributed by atoms with Crippen molar-refractivity contribution in [1.29, 1.82) is 0 Å². The zero-order valence-electron chi connectivity index (χ0n) is 38.7. The maximum atomic E-state index is 5.86. The van der Waals surface area contributed by atoms with Crippen molar-refractivity contribution in [2.24, 2.45) is 0 Å². The first-order valence-corrected chi connectivity index (χ1v) is 26.4. The molecule has 13 aromatic rings. The van der Waals surface area contributed by atoms with Crippen LogP contribution in [0.15, 0.2) is 267 Å². The molecule has 0 atom stereocenters. The Morgan fingerprint density at radius 2 is 0.775 bits per heavy atom. The molecule has 1 aliphatic heterocycles. The van der Waals surface area contributed by atoms with Crippen LogP contribution in [0.1, 0.15) is 0 Å². The number of hydrogen-bond acceptors (Lipinski definition) is 3. The van der Waals surface area contributed by atoms with E-state index >= 15 is 0 Å². The molecule has 0 aliphatic carbocycles. The fraction of sp³-hybridized carbons (Fsp3) is 0. The molecule has 71 heavy (non-hydrogen) atoms. The zero-order chi connectivity index (χ0) is 46.9. The third kappa shape index (κ3) is 6.33. The number of nitrogens with zero attached hydrogens (tertiary/aromatic N) is 5. The Hall–Kier alpha value is -9.04. The normalized spacial score (nSPS) is 12.5. The quantitative estimate of drug-likeness (QED) is 0.113. The first kappa shape index (κ1) is 41.0. The Bertz CT molecular complexity index is 3990. The van der Waals surface area contributed by atoms with E-state index in [-0.39, 0.29) is 6.85 Å². The predicted molar refractivity (Wildman–Crippen MR) is 300 cm³/mol. The summed E-state index contributed by atoms with van der Waals surface area (Å²) < 4.78 is 4.66. The Morgan fingerprint density at radius 1 is 0.324 bits per heavy atom. The summed E-state index contributed by atoms with van der Waals surface area (Å²) in [5, 5.41) is 9.89. The van der Waals surface area contributed by atoms with Gasteiger partial charge in [0, 0.05) is 38.9 Å². The SMILES string of the molecule is c1ccc(B2c3ccccc3-c3ccccc3N2c2cc(-n3c4ccccc4c4ccccc43)nc(-n3c4ccccc4c4ccc([Si](c5ccccc5)(c5ccccc5)c5ccccc5)cc43)n2)cc1. The van der Waals surface area contributed by atoms with Crippen molar-refractivity contribution in [3.63, 3.8) is 0 Å². The van der Waals surface area contributed by atoms with Gasteiger partial charge < -0.3 is 4.81 Å². The van der Waals surface area contributed by atoms with Crippen molar-refractivity contribution >= 4 is 102 Å². The van der Waals surface area contributed by atoms with E-state index in [1.54, 1.807) is 0 Å². The molecule has 1 aliphatic rings. The zero-order valence-corrected chi connectivity index (χ0v) is 39.7. The van der Waals surface area contributed by atoms with E-state index < -0.39 is 8.07 Å². The van der Waals surface area contributed by atoms with Gasteiger partial charge in [-0.15, -0.1) is 0 Å². The highest BCUT2D eigenvalue weighted by atomic mass is 28.3. The number of rotatable bonds is 8. The summed E-state index contributed by atoms with van der Waals surface area (Å²) >= 11 is 0. The maximum absolute atomic E-state index is 5.86. The van der Waals surface area contributed by atoms with Crippen molar-refractivity contribution in [3.05, 3.63) is 267 Å². The average molecular weight is 922 g/mol. The van der Waals surface area contributed by atoms with Gasteiger partial charge in [-0.2, -0.15) is 9.97 Å². The number of fused-ring (bicyclic) bond motifs is 9. The molecule has 0 radical (unpaired) electrons. The lowest BCUT2D eigenvalue weighted by molar-refractivity contribution is 0.945. The summed E-state index contributed by atoms with van der Waals surface area (Å²) in [5.74, 6) is 2.18. The number of benzene rings is 10. The molecule has 0 saturated heterocycles. The van der Waals surface area contributed by atoms with E-state index in [4.69, 9.17) is 9.97 Å². The van der Waals surface area contributed by atoms with Crippen LogP contribution in [0.2, 0.25) is 0 Å². The molecule has 14 rings (SSSR count). The Morgan fingerprint density at radius 3 is 1.37 bits per heavy atom. The van der Waals surface area contributed by atoms with E-state index in [0.29, 0.717) is 5.95 Å². The molecular formula is C64H44BN5Si. The largest absolute Gasteiger partial charge is 0.361 e. The van der Waals surface area contributed by atoms with Crippen molar-refractivity contribution in [1.82, 2.24) is 19.1 Å². The van der Waals surface area contributed by atoms with Crippen molar-refractivity contribution in [2.45, 2.75) is 0 Å². The van der Waals surface area contributed by atoms with Gasteiger partial charge in [-0.05, 0) is 62.1 Å². The monoisotopic (exact) mass is 921 g/mol. The minimum Gasteiger partial charge on any atom is -0.361 e. The second kappa shape index (κ2) is 16.6. The van der Waals surface area contributed by atoms with Crippen LogP contribution in [0.5, 0.6) is 0 Å². The molecule has 3 aromatic heterocycles. The standard InChI is InChI=1S/C64H44BN5Si/c1-5-23-45(24-6-1)65-56-36-18-13-31-50(56)51-32-17-22-40-60(51)70(65)63-44-62(68-57-37-19-14-33-52(57)53-34-15-20-38-58(53)68)66-64(67-63)69-59-39-21-16-35-54(59)55-42-41-49(43-61(55)69)71(46-25-7-2-8-26-46,47-27-9-3-10-28-47)48-29-11-4-12-30-48/h1-44H. The number of para-hydroxylation sites is 4. The minimum atomic E-state index is -2.93. The summed E-state index contributed by atoms with van der Waals surface area (Å²) in [4.78, 5) is 14.1. The molecule has 0 amide bonds. The van der Waals surface area contributed by atoms with E-state index in [1.165, 1.54) is 53.6 Å². The van der Waals surface area contributed by atoms with Crippen LogP contribution in [0.3, 0.4) is 0 Å². The Labute approximate surface area is 413 Å². The average Bonchev–Trinajstić information content (AvgIpc) is 3.97. The fourth-order valence-electron chi connectivity index (χ4n) is 11.8. The van der Waals surface area contributed by atoms with E-state index in [0.717, 1.165) is 50.2 Å². The van der Waals surface area contributed by atoms with Gasteiger partial charge in [0.15, 0.2) is 8.07 Å². The fourth-order valence-corrected chi connectivity index (χ4v) is 16.6. The molecular weight excluding hydrogens is 878 g/mol. The van der Waals surface area contributed by atoms with Gasteiger partial charge in [0.25, 0.3) is 0 Å². The number of anilines is 2. The number of hydrogen-bond donors (Lipinski definition) is 0. The molecule has 4 heterocycles. The highest BCUT2D eigenvalue weighted by Gasteiger charge is 2.42. The third-order valence-electron chi connectivity index (χ3n) is 14.8. The van der Waals surface area contributed by atoms with Crippen LogP contribution in [-0.4, -0.2) is 34.0 Å². The summed E-state index contributed by atoms with van der Waals surface area (Å²) in [6, 6.07) is 97.5. The smallest absolute Gasteiger partial charge is 0.330 e. The first-order valence-electron chi connectivity index (χ1n) is 24.4. The summed E-state index contributed by atoms with van der Waals surface area (Å²) in [6.45, 7) is -0.185. The van der Waals surface area contributed by atoms with Crippen LogP contribution < -0.4 is 36.5 Å². The van der Waals surface area contributed by atoms with Crippen molar-refractivity contribution in [3.8, 4) is 22.9 Å². The van der Waals surface area contributed by atoms with E-state index in [9.17, 15) is 0 Å². The van der Waals surface area contributed by atoms with E-state index in [2.05, 4.69) is 281 Å². The van der Waals surface area contributed by atoms with Gasteiger partial charge in [-0.1, -0.05) is 236 Å². The van der Waals surface area contributed by atoms with Gasteiger partial charge in [-0.3, -0.25) is 9.13 Å². The maximum Gasteiger partial charge on any atom is 0.330 e. The van der Waals surface area contributed by atoms with Gasteiger partial charge in [0.2, 0.25) is 5.95 Å². The lowest BCUT2D eigenvalue weighted by Gasteiger charge is -2.38. The lowest BCUT2D eigenvalue weighted by Crippen LogP contribution is -2.74. The minimum absolute atomic E-state index is 0.185. The first-order chi connectivity index (χ1) is 35.3. The van der Waals surface area contributed by atoms with Gasteiger partial charge in [-0.25, -0.2) is 0 Å². The predicted octanol–water partition coefficient (Wildman–Crippen LogP) is 11.0. The summed E-state index contributed by atoms with van der Waals surface area (Å²) in [6.07, 6.45) is 0. The number of aromatic nitrogens is 4. The third-order valence-corrected chi connectivity index (χ3v) is 19.5.